The van der Waals surface area contributed by atoms with Gasteiger partial charge in [-0.3, -0.25) is 10.2 Å². The molecular weight excluding hydrogens is 386 g/mol. The third-order valence-corrected chi connectivity index (χ3v) is 5.15. The highest BCUT2D eigenvalue weighted by Gasteiger charge is 2.31. The summed E-state index contributed by atoms with van der Waals surface area (Å²) in [4.78, 5) is 13.8. The number of carbonyl (C=O) groups excluding carboxylic acids is 1. The molecule has 1 amide bonds. The van der Waals surface area contributed by atoms with Crippen molar-refractivity contribution in [2.45, 2.75) is 11.8 Å². The Labute approximate surface area is 162 Å². The number of para-hydroxylation sites is 1. The van der Waals surface area contributed by atoms with Gasteiger partial charge in [0.15, 0.2) is 10.8 Å². The van der Waals surface area contributed by atoms with E-state index in [-0.39, 0.29) is 27.3 Å². The Morgan fingerprint density at radius 3 is 2.63 bits per heavy atom. The van der Waals surface area contributed by atoms with E-state index in [1.807, 2.05) is 25.1 Å². The van der Waals surface area contributed by atoms with Crippen molar-refractivity contribution in [3.8, 4) is 0 Å². The van der Waals surface area contributed by atoms with Crippen molar-refractivity contribution in [3.63, 3.8) is 0 Å². The van der Waals surface area contributed by atoms with Crippen molar-refractivity contribution in [1.82, 2.24) is 5.43 Å². The van der Waals surface area contributed by atoms with Crippen molar-refractivity contribution in [1.29, 1.82) is 0 Å². The summed E-state index contributed by atoms with van der Waals surface area (Å²) in [5, 5.41) is 12.1. The molecule has 1 aliphatic heterocycles. The lowest BCUT2D eigenvalue weighted by atomic mass is 10.1. The van der Waals surface area contributed by atoms with Gasteiger partial charge in [0.1, 0.15) is 4.90 Å². The molecule has 0 saturated heterocycles. The van der Waals surface area contributed by atoms with Gasteiger partial charge in [0.25, 0.3) is 5.91 Å². The summed E-state index contributed by atoms with van der Waals surface area (Å²) in [5.41, 5.74) is 5.47. The highest BCUT2D eigenvalue weighted by molar-refractivity contribution is 7.89. The largest absolute Gasteiger partial charge is 0.330 e. The molecule has 0 saturated carbocycles. The summed E-state index contributed by atoms with van der Waals surface area (Å²) >= 11 is 5.16. The van der Waals surface area contributed by atoms with Crippen LogP contribution in [0, 0.1) is 6.92 Å². The van der Waals surface area contributed by atoms with E-state index in [1.165, 1.54) is 17.0 Å². The standard InChI is InChI=1S/C17H17N5O3S2/c1-10-7-8-13-11(9-10)15(16(23)22(13)2)20-21-17(26)19-12-5-3-4-6-14(12)27(18,24)25/h3-9H,1-2H3,(H2,18,24,25)(H2,19,21,26). The first-order chi connectivity index (χ1) is 12.7. The van der Waals surface area contributed by atoms with E-state index in [4.69, 9.17) is 17.4 Å². The highest BCUT2D eigenvalue weighted by atomic mass is 32.2. The molecule has 27 heavy (non-hydrogen) atoms. The van der Waals surface area contributed by atoms with Gasteiger partial charge >= 0.3 is 0 Å². The smallest absolute Gasteiger partial charge is 0.279 e. The number of hydrogen-bond acceptors (Lipinski definition) is 5. The molecule has 0 atom stereocenters. The second-order valence-electron chi connectivity index (χ2n) is 5.95. The Morgan fingerprint density at radius 2 is 1.93 bits per heavy atom. The number of fused-ring (bicyclic) bond motifs is 1. The summed E-state index contributed by atoms with van der Waals surface area (Å²) in [6.07, 6.45) is 0. The average molecular weight is 403 g/mol. The minimum absolute atomic E-state index is 0.0233. The summed E-state index contributed by atoms with van der Waals surface area (Å²) < 4.78 is 23.3. The van der Waals surface area contributed by atoms with Crippen molar-refractivity contribution >= 4 is 50.3 Å². The number of rotatable bonds is 3. The molecule has 0 unspecified atom stereocenters. The normalized spacial score (nSPS) is 15.0. The maximum absolute atomic E-state index is 12.4. The van der Waals surface area contributed by atoms with Gasteiger partial charge < -0.3 is 10.2 Å². The summed E-state index contributed by atoms with van der Waals surface area (Å²) in [6, 6.07) is 11.7. The Bertz CT molecular complexity index is 1080. The number of hydrogen-bond donors (Lipinski definition) is 3. The van der Waals surface area contributed by atoms with Gasteiger partial charge in [-0.15, -0.1) is 0 Å². The molecule has 0 aliphatic carbocycles. The van der Waals surface area contributed by atoms with Crippen molar-refractivity contribution in [3.05, 3.63) is 53.6 Å². The first-order valence-electron chi connectivity index (χ1n) is 7.84. The average Bonchev–Trinajstić information content (AvgIpc) is 2.83. The lowest BCUT2D eigenvalue weighted by Gasteiger charge is -2.11. The fourth-order valence-electron chi connectivity index (χ4n) is 2.70. The summed E-state index contributed by atoms with van der Waals surface area (Å²) in [5.74, 6) is -0.268. The van der Waals surface area contributed by atoms with E-state index in [0.29, 0.717) is 5.56 Å². The molecule has 4 N–H and O–H groups in total. The molecule has 140 valence electrons. The van der Waals surface area contributed by atoms with Crippen molar-refractivity contribution in [2.24, 2.45) is 10.2 Å². The molecule has 10 heteroatoms. The van der Waals surface area contributed by atoms with Gasteiger partial charge in [-0.05, 0) is 43.4 Å². The lowest BCUT2D eigenvalue weighted by molar-refractivity contribution is -0.111. The van der Waals surface area contributed by atoms with Crippen LogP contribution >= 0.6 is 12.2 Å². The summed E-state index contributed by atoms with van der Waals surface area (Å²) in [7, 11) is -2.25. The van der Waals surface area contributed by atoms with E-state index in [0.717, 1.165) is 11.3 Å². The molecule has 0 bridgehead atoms. The van der Waals surface area contributed by atoms with Crippen LogP contribution in [0.1, 0.15) is 11.1 Å². The number of aryl methyl sites for hydroxylation is 1. The Kier molecular flexibility index (Phi) is 4.96. The van der Waals surface area contributed by atoms with Crippen LogP contribution in [0.25, 0.3) is 0 Å². The predicted octanol–water partition coefficient (Wildman–Crippen LogP) is 1.31. The van der Waals surface area contributed by atoms with Crippen LogP contribution in [-0.4, -0.2) is 32.2 Å². The fourth-order valence-corrected chi connectivity index (χ4v) is 3.55. The van der Waals surface area contributed by atoms with E-state index >= 15 is 0 Å². The fraction of sp³-hybridized carbons (Fsp3) is 0.118. The van der Waals surface area contributed by atoms with Gasteiger partial charge in [-0.1, -0.05) is 23.8 Å². The first-order valence-corrected chi connectivity index (χ1v) is 9.79. The molecule has 0 fully saturated rings. The second kappa shape index (κ2) is 7.06. The monoisotopic (exact) mass is 403 g/mol. The van der Waals surface area contributed by atoms with E-state index < -0.39 is 10.0 Å². The van der Waals surface area contributed by atoms with Crippen LogP contribution < -0.4 is 20.8 Å². The van der Waals surface area contributed by atoms with Crippen LogP contribution in [0.5, 0.6) is 0 Å². The Balaban J connectivity index is 1.83. The Hall–Kier alpha value is -2.82. The third kappa shape index (κ3) is 3.82. The zero-order chi connectivity index (χ0) is 19.8. The molecule has 1 heterocycles. The molecule has 8 nitrogen and oxygen atoms in total. The van der Waals surface area contributed by atoms with Crippen molar-refractivity contribution < 1.29 is 13.2 Å². The molecule has 0 spiro atoms. The number of sulfonamides is 1. The van der Waals surface area contributed by atoms with Gasteiger partial charge in [0.2, 0.25) is 10.0 Å². The maximum Gasteiger partial charge on any atom is 0.279 e. The minimum Gasteiger partial charge on any atom is -0.330 e. The first kappa shape index (κ1) is 19.0. The predicted molar refractivity (Wildman–Crippen MR) is 108 cm³/mol. The molecule has 2 aromatic carbocycles. The van der Waals surface area contributed by atoms with Crippen LogP contribution in [0.4, 0.5) is 11.4 Å². The number of thiocarbonyl (C=S) groups is 1. The number of likely N-dealkylation sites (N-methyl/N-ethyl adjacent to an activating group) is 1. The molecule has 1 aliphatic rings. The molecule has 0 radical (unpaired) electrons. The second-order valence-corrected chi connectivity index (χ2v) is 7.89. The minimum atomic E-state index is -3.92. The zero-order valence-corrected chi connectivity index (χ0v) is 16.2. The quantitative estimate of drug-likeness (QED) is 0.525. The van der Waals surface area contributed by atoms with Crippen molar-refractivity contribution in [2.75, 3.05) is 17.3 Å². The van der Waals surface area contributed by atoms with Crippen LogP contribution in [0.15, 0.2) is 52.5 Å². The zero-order valence-electron chi connectivity index (χ0n) is 14.6. The number of hydrazone groups is 1. The van der Waals surface area contributed by atoms with Gasteiger partial charge in [-0.25, -0.2) is 13.6 Å². The molecule has 0 aromatic heterocycles. The van der Waals surface area contributed by atoms with E-state index in [1.54, 1.807) is 19.2 Å². The van der Waals surface area contributed by atoms with Gasteiger partial charge in [-0.2, -0.15) is 5.10 Å². The molecule has 3 rings (SSSR count). The van der Waals surface area contributed by atoms with E-state index in [2.05, 4.69) is 15.8 Å². The number of nitrogens with zero attached hydrogens (tertiary/aromatic N) is 2. The van der Waals surface area contributed by atoms with Crippen LogP contribution in [0.2, 0.25) is 0 Å². The number of benzene rings is 2. The number of nitrogens with two attached hydrogens (primary N) is 1. The number of amides is 1. The summed E-state index contributed by atoms with van der Waals surface area (Å²) in [6.45, 7) is 1.92. The topological polar surface area (TPSA) is 117 Å². The highest BCUT2D eigenvalue weighted by Crippen LogP contribution is 2.28. The number of carbonyl (C=O) groups is 1. The van der Waals surface area contributed by atoms with E-state index in [9.17, 15) is 13.2 Å². The van der Waals surface area contributed by atoms with Gasteiger partial charge in [0, 0.05) is 12.6 Å². The number of anilines is 2. The van der Waals surface area contributed by atoms with Gasteiger partial charge in [0.05, 0.1) is 11.4 Å². The van der Waals surface area contributed by atoms with Crippen LogP contribution in [0.3, 0.4) is 0 Å². The number of primary sulfonamides is 1. The maximum atomic E-state index is 12.4. The van der Waals surface area contributed by atoms with Crippen LogP contribution in [-0.2, 0) is 14.8 Å². The number of nitrogens with one attached hydrogen (secondary N) is 2. The molecule has 2 aromatic rings. The molecular formula is C17H17N5O3S2. The Morgan fingerprint density at radius 1 is 1.22 bits per heavy atom. The SMILES string of the molecule is Cc1ccc2c(c1)C(=NNC(=S)Nc1ccccc1S(N)(=O)=O)C(=O)N2C. The third-order valence-electron chi connectivity index (χ3n) is 3.99. The lowest BCUT2D eigenvalue weighted by Crippen LogP contribution is -2.30.